The molecule has 1 N–H and O–H groups in total. The Kier molecular flexibility index (Phi) is 4.97. The van der Waals surface area contributed by atoms with Gasteiger partial charge >= 0.3 is 12.1 Å². The van der Waals surface area contributed by atoms with Crippen LogP contribution in [0.5, 0.6) is 0 Å². The van der Waals surface area contributed by atoms with Gasteiger partial charge in [0.15, 0.2) is 5.69 Å². The predicted octanol–water partition coefficient (Wildman–Crippen LogP) is 4.09. The number of pyridine rings is 1. The lowest BCUT2D eigenvalue weighted by atomic mass is 9.92. The Hall–Kier alpha value is -2.70. The van der Waals surface area contributed by atoms with Crippen molar-refractivity contribution in [2.75, 3.05) is 6.61 Å². The van der Waals surface area contributed by atoms with E-state index in [-0.39, 0.29) is 18.8 Å². The van der Waals surface area contributed by atoms with Crippen LogP contribution in [0.1, 0.15) is 52.1 Å². The Labute approximate surface area is 138 Å². The number of alkyl halides is 5. The lowest BCUT2D eigenvalue weighted by Crippen LogP contribution is -2.20. The average molecular weight is 362 g/mol. The molecule has 0 spiro atoms. The fourth-order valence-electron chi connectivity index (χ4n) is 2.62. The number of nitriles is 1. The van der Waals surface area contributed by atoms with E-state index < -0.39 is 52.2 Å². The van der Waals surface area contributed by atoms with Gasteiger partial charge in [0.25, 0.3) is 6.43 Å². The number of ether oxygens (including phenoxy) is 1. The van der Waals surface area contributed by atoms with Gasteiger partial charge in [-0.15, -0.1) is 0 Å². The summed E-state index contributed by atoms with van der Waals surface area (Å²) in [5, 5.41) is 18.4. The number of rotatable bonds is 3. The summed E-state index contributed by atoms with van der Waals surface area (Å²) in [6.45, 7) is 1.13. The van der Waals surface area contributed by atoms with Crippen molar-refractivity contribution in [2.24, 2.45) is 0 Å². The van der Waals surface area contributed by atoms with E-state index in [4.69, 9.17) is 9.84 Å². The molecule has 10 heteroatoms. The van der Waals surface area contributed by atoms with E-state index in [1.165, 1.54) is 0 Å². The maximum atomic E-state index is 13.4. The van der Waals surface area contributed by atoms with Gasteiger partial charge < -0.3 is 9.84 Å². The number of hydrogen-bond acceptors (Lipinski definition) is 4. The molecule has 0 radical (unpaired) electrons. The summed E-state index contributed by atoms with van der Waals surface area (Å²) in [7, 11) is 0. The molecule has 0 bridgehead atoms. The van der Waals surface area contributed by atoms with Crippen molar-refractivity contribution in [3.05, 3.63) is 33.8 Å². The first kappa shape index (κ1) is 18.6. The molecule has 0 amide bonds. The molecule has 1 aliphatic heterocycles. The molecule has 1 aromatic rings. The lowest BCUT2D eigenvalue weighted by molar-refractivity contribution is -0.141. The second-order valence-corrected chi connectivity index (χ2v) is 5.19. The molecule has 25 heavy (non-hydrogen) atoms. The molecule has 0 atom stereocenters. The molecule has 1 saturated heterocycles. The maximum Gasteiger partial charge on any atom is 0.434 e. The minimum absolute atomic E-state index is 0.0426. The molecule has 0 aromatic carbocycles. The Morgan fingerprint density at radius 2 is 2.00 bits per heavy atom. The van der Waals surface area contributed by atoms with Crippen molar-refractivity contribution in [3.8, 4) is 6.07 Å². The molecule has 2 heterocycles. The minimum Gasteiger partial charge on any atom is -0.497 e. The summed E-state index contributed by atoms with van der Waals surface area (Å²) in [5.41, 5.74) is -6.26. The molecule has 1 aliphatic rings. The first-order valence-corrected chi connectivity index (χ1v) is 6.99. The number of aromatic nitrogens is 1. The van der Waals surface area contributed by atoms with Gasteiger partial charge in [0.05, 0.1) is 17.7 Å². The van der Waals surface area contributed by atoms with Crippen molar-refractivity contribution in [2.45, 2.75) is 32.4 Å². The van der Waals surface area contributed by atoms with Crippen LogP contribution in [0.3, 0.4) is 0 Å². The smallest absolute Gasteiger partial charge is 0.434 e. The fourth-order valence-corrected chi connectivity index (χ4v) is 2.62. The van der Waals surface area contributed by atoms with Crippen molar-refractivity contribution < 1.29 is 36.6 Å². The first-order valence-electron chi connectivity index (χ1n) is 6.99. The summed E-state index contributed by atoms with van der Waals surface area (Å²) in [6.07, 6.45) is -8.04. The molecule has 134 valence electrons. The Bertz CT molecular complexity index is 786. The highest BCUT2D eigenvalue weighted by molar-refractivity contribution is 5.94. The van der Waals surface area contributed by atoms with E-state index in [0.717, 1.165) is 6.92 Å². The summed E-state index contributed by atoms with van der Waals surface area (Å²) in [5.74, 6) is -1.90. The number of nitrogens with zero attached hydrogens (tertiary/aromatic N) is 2. The maximum absolute atomic E-state index is 13.4. The average Bonchev–Trinajstić information content (AvgIpc) is 3.01. The van der Waals surface area contributed by atoms with Crippen LogP contribution in [0.2, 0.25) is 0 Å². The number of carboxylic acids is 1. The van der Waals surface area contributed by atoms with Gasteiger partial charge in [-0.25, -0.2) is 18.6 Å². The van der Waals surface area contributed by atoms with Gasteiger partial charge in [-0.3, -0.25) is 0 Å². The summed E-state index contributed by atoms with van der Waals surface area (Å²) < 4.78 is 71.3. The van der Waals surface area contributed by atoms with E-state index in [1.54, 1.807) is 6.07 Å². The van der Waals surface area contributed by atoms with E-state index in [0.29, 0.717) is 6.42 Å². The summed E-state index contributed by atoms with van der Waals surface area (Å²) in [6, 6.07) is 1.56. The molecule has 5 nitrogen and oxygen atoms in total. The number of aromatic carboxylic acids is 1. The topological polar surface area (TPSA) is 83.2 Å². The first-order chi connectivity index (χ1) is 11.6. The largest absolute Gasteiger partial charge is 0.497 e. The highest BCUT2D eigenvalue weighted by Gasteiger charge is 2.41. The summed E-state index contributed by atoms with van der Waals surface area (Å²) in [4.78, 5) is 14.2. The van der Waals surface area contributed by atoms with Crippen LogP contribution in [-0.4, -0.2) is 22.7 Å². The van der Waals surface area contributed by atoms with Crippen molar-refractivity contribution in [1.29, 1.82) is 5.26 Å². The monoisotopic (exact) mass is 362 g/mol. The zero-order chi connectivity index (χ0) is 18.9. The van der Waals surface area contributed by atoms with E-state index >= 15 is 0 Å². The zero-order valence-electron chi connectivity index (χ0n) is 12.7. The molecule has 2 rings (SSSR count). The zero-order valence-corrected chi connectivity index (χ0v) is 12.7. The molecule has 0 unspecified atom stereocenters. The highest BCUT2D eigenvalue weighted by atomic mass is 19.4. The number of allylic oxidation sites excluding steroid dienone is 2. The van der Waals surface area contributed by atoms with Crippen LogP contribution in [0.4, 0.5) is 22.0 Å². The number of halogens is 5. The van der Waals surface area contributed by atoms with Gasteiger partial charge in [0.2, 0.25) is 0 Å². The number of carboxylic acid groups (broad SMARTS) is 1. The van der Waals surface area contributed by atoms with E-state index in [9.17, 15) is 32.0 Å². The SMILES string of the molecule is Cc1c(C(=O)O)c(C(F)F)nc(C(F)(F)F)c1C(C#N)=C1CCCO1. The molecule has 0 aliphatic carbocycles. The van der Waals surface area contributed by atoms with Crippen LogP contribution in [0, 0.1) is 18.3 Å². The third-order valence-corrected chi connectivity index (χ3v) is 3.63. The molecular formula is C15H11F5N2O3. The van der Waals surface area contributed by atoms with Crippen molar-refractivity contribution in [1.82, 2.24) is 4.98 Å². The van der Waals surface area contributed by atoms with Crippen molar-refractivity contribution in [3.63, 3.8) is 0 Å². The van der Waals surface area contributed by atoms with Crippen LogP contribution in [0.15, 0.2) is 5.76 Å². The van der Waals surface area contributed by atoms with Gasteiger partial charge in [-0.05, 0) is 18.9 Å². The Balaban J connectivity index is 2.95. The molecule has 0 saturated carbocycles. The van der Waals surface area contributed by atoms with Gasteiger partial charge in [0.1, 0.15) is 17.5 Å². The number of carbonyl (C=O) groups is 1. The fraction of sp³-hybridized carbons (Fsp3) is 0.400. The Morgan fingerprint density at radius 3 is 2.40 bits per heavy atom. The molecule has 1 aromatic heterocycles. The van der Waals surface area contributed by atoms with Gasteiger partial charge in [0, 0.05) is 12.0 Å². The summed E-state index contributed by atoms with van der Waals surface area (Å²) >= 11 is 0. The quantitative estimate of drug-likeness (QED) is 0.647. The van der Waals surface area contributed by atoms with Crippen molar-refractivity contribution >= 4 is 11.5 Å². The normalized spacial score (nSPS) is 16.6. The molecular weight excluding hydrogens is 351 g/mol. The second kappa shape index (κ2) is 6.66. The minimum atomic E-state index is -5.16. The predicted molar refractivity (Wildman–Crippen MR) is 73.6 cm³/mol. The highest BCUT2D eigenvalue weighted by Crippen LogP contribution is 2.41. The van der Waals surface area contributed by atoms with E-state index in [2.05, 4.69) is 4.98 Å². The Morgan fingerprint density at radius 1 is 1.36 bits per heavy atom. The third-order valence-electron chi connectivity index (χ3n) is 3.63. The number of hydrogen-bond donors (Lipinski definition) is 1. The van der Waals surface area contributed by atoms with Gasteiger partial charge in [-0.1, -0.05) is 0 Å². The third kappa shape index (κ3) is 3.40. The van der Waals surface area contributed by atoms with Crippen LogP contribution < -0.4 is 0 Å². The van der Waals surface area contributed by atoms with Crippen LogP contribution >= 0.6 is 0 Å². The standard InChI is InChI=1S/C15H11F5N2O3/c1-6-9(7(5-21)8-3-2-4-25-8)12(15(18,19)20)22-11(13(16)17)10(6)14(23)24/h13H,2-4H2,1H3,(H,23,24). The lowest BCUT2D eigenvalue weighted by Gasteiger charge is -2.19. The van der Waals surface area contributed by atoms with Crippen LogP contribution in [0.25, 0.3) is 5.57 Å². The van der Waals surface area contributed by atoms with Gasteiger partial charge in [-0.2, -0.15) is 18.4 Å². The molecule has 1 fully saturated rings. The second-order valence-electron chi connectivity index (χ2n) is 5.19. The van der Waals surface area contributed by atoms with E-state index in [1.807, 2.05) is 0 Å². The van der Waals surface area contributed by atoms with Crippen LogP contribution in [-0.2, 0) is 10.9 Å².